The number of amides is 1. The molecule has 1 fully saturated rings. The van der Waals surface area contributed by atoms with E-state index in [1.165, 1.54) is 0 Å². The van der Waals surface area contributed by atoms with Gasteiger partial charge >= 0.3 is 0 Å². The molecule has 17 heavy (non-hydrogen) atoms. The van der Waals surface area contributed by atoms with Crippen molar-refractivity contribution in [2.75, 3.05) is 19.6 Å². The monoisotopic (exact) mass is 237 g/mol. The van der Waals surface area contributed by atoms with Crippen LogP contribution in [0.3, 0.4) is 0 Å². The second kappa shape index (κ2) is 5.33. The van der Waals surface area contributed by atoms with E-state index in [4.69, 9.17) is 10.2 Å². The second-order valence-electron chi connectivity index (χ2n) is 4.46. The van der Waals surface area contributed by atoms with Crippen LogP contribution in [0.15, 0.2) is 22.8 Å². The van der Waals surface area contributed by atoms with Gasteiger partial charge in [0.05, 0.1) is 12.3 Å². The average Bonchev–Trinajstić information content (AvgIpc) is 2.70. The van der Waals surface area contributed by atoms with Crippen molar-refractivity contribution >= 4 is 5.91 Å². The Bertz CT molecular complexity index is 362. The first-order valence-electron chi connectivity index (χ1n) is 5.98. The van der Waals surface area contributed by atoms with E-state index in [2.05, 4.69) is 10.2 Å². The van der Waals surface area contributed by atoms with Gasteiger partial charge in [0.15, 0.2) is 0 Å². The molecule has 2 atom stereocenters. The smallest absolute Gasteiger partial charge is 0.221 e. The van der Waals surface area contributed by atoms with E-state index in [1.807, 2.05) is 19.1 Å². The van der Waals surface area contributed by atoms with Gasteiger partial charge in [-0.05, 0) is 19.1 Å². The molecule has 5 heteroatoms. The molecule has 1 saturated heterocycles. The molecular formula is C12H19N3O2. The summed E-state index contributed by atoms with van der Waals surface area (Å²) < 4.78 is 5.45. The molecule has 1 aromatic heterocycles. The number of carbonyl (C=O) groups is 1. The predicted molar refractivity (Wildman–Crippen MR) is 64.3 cm³/mol. The molecule has 0 aromatic carbocycles. The SMILES string of the molecule is CC(N)C(c1ccco1)N1CCNC(=O)CC1. The van der Waals surface area contributed by atoms with Gasteiger partial charge in [0.1, 0.15) is 5.76 Å². The summed E-state index contributed by atoms with van der Waals surface area (Å²) in [7, 11) is 0. The summed E-state index contributed by atoms with van der Waals surface area (Å²) in [5.41, 5.74) is 6.04. The van der Waals surface area contributed by atoms with Crippen LogP contribution in [0.5, 0.6) is 0 Å². The molecular weight excluding hydrogens is 218 g/mol. The molecule has 0 aliphatic carbocycles. The van der Waals surface area contributed by atoms with Gasteiger partial charge in [0, 0.05) is 32.1 Å². The molecule has 2 unspecified atom stereocenters. The summed E-state index contributed by atoms with van der Waals surface area (Å²) in [6.07, 6.45) is 2.18. The van der Waals surface area contributed by atoms with Crippen LogP contribution in [0.2, 0.25) is 0 Å². The van der Waals surface area contributed by atoms with E-state index >= 15 is 0 Å². The number of hydrogen-bond donors (Lipinski definition) is 2. The van der Waals surface area contributed by atoms with Crippen LogP contribution < -0.4 is 11.1 Å². The van der Waals surface area contributed by atoms with Crippen molar-refractivity contribution in [3.8, 4) is 0 Å². The quantitative estimate of drug-likeness (QED) is 0.802. The number of carbonyl (C=O) groups excluding carboxylic acids is 1. The Kier molecular flexibility index (Phi) is 3.81. The Morgan fingerprint density at radius 3 is 3.00 bits per heavy atom. The molecule has 1 aliphatic heterocycles. The lowest BCUT2D eigenvalue weighted by Gasteiger charge is -2.31. The molecule has 0 saturated carbocycles. The maximum absolute atomic E-state index is 11.3. The van der Waals surface area contributed by atoms with Crippen molar-refractivity contribution in [2.45, 2.75) is 25.4 Å². The minimum absolute atomic E-state index is 0.0330. The summed E-state index contributed by atoms with van der Waals surface area (Å²) >= 11 is 0. The fourth-order valence-corrected chi connectivity index (χ4v) is 2.29. The lowest BCUT2D eigenvalue weighted by Crippen LogP contribution is -2.41. The van der Waals surface area contributed by atoms with Crippen LogP contribution in [0.1, 0.15) is 25.1 Å². The first kappa shape index (κ1) is 12.1. The van der Waals surface area contributed by atoms with Crippen LogP contribution in [-0.4, -0.2) is 36.5 Å². The van der Waals surface area contributed by atoms with Crippen LogP contribution in [0.25, 0.3) is 0 Å². The molecule has 1 aliphatic rings. The number of nitrogens with two attached hydrogens (primary N) is 1. The topological polar surface area (TPSA) is 71.5 Å². The van der Waals surface area contributed by atoms with Gasteiger partial charge in [-0.2, -0.15) is 0 Å². The molecule has 1 amide bonds. The van der Waals surface area contributed by atoms with Gasteiger partial charge in [0.25, 0.3) is 0 Å². The Morgan fingerprint density at radius 1 is 1.53 bits per heavy atom. The third-order valence-corrected chi connectivity index (χ3v) is 3.07. The molecule has 94 valence electrons. The van der Waals surface area contributed by atoms with E-state index in [1.54, 1.807) is 6.26 Å². The van der Waals surface area contributed by atoms with E-state index in [-0.39, 0.29) is 18.0 Å². The first-order valence-corrected chi connectivity index (χ1v) is 5.98. The molecule has 2 heterocycles. The average molecular weight is 237 g/mol. The number of rotatable bonds is 3. The van der Waals surface area contributed by atoms with Crippen molar-refractivity contribution in [2.24, 2.45) is 5.73 Å². The summed E-state index contributed by atoms with van der Waals surface area (Å²) in [5.74, 6) is 0.977. The highest BCUT2D eigenvalue weighted by molar-refractivity contribution is 5.76. The van der Waals surface area contributed by atoms with E-state index in [9.17, 15) is 4.79 Å². The normalized spacial score (nSPS) is 21.6. The van der Waals surface area contributed by atoms with Gasteiger partial charge in [-0.15, -0.1) is 0 Å². The van der Waals surface area contributed by atoms with E-state index in [0.717, 1.165) is 18.8 Å². The fraction of sp³-hybridized carbons (Fsp3) is 0.583. The zero-order chi connectivity index (χ0) is 12.3. The number of nitrogens with one attached hydrogen (secondary N) is 1. The van der Waals surface area contributed by atoms with E-state index in [0.29, 0.717) is 13.0 Å². The molecule has 2 rings (SSSR count). The van der Waals surface area contributed by atoms with Crippen molar-refractivity contribution in [1.82, 2.24) is 10.2 Å². The second-order valence-corrected chi connectivity index (χ2v) is 4.46. The van der Waals surface area contributed by atoms with Gasteiger partial charge in [-0.3, -0.25) is 9.69 Å². The molecule has 0 radical (unpaired) electrons. The third kappa shape index (κ3) is 2.87. The lowest BCUT2D eigenvalue weighted by molar-refractivity contribution is -0.120. The molecule has 1 aromatic rings. The predicted octanol–water partition coefficient (Wildman–Crippen LogP) is 0.490. The third-order valence-electron chi connectivity index (χ3n) is 3.07. The standard InChI is InChI=1S/C12H19N3O2/c1-9(13)12(10-3-2-8-17-10)15-6-4-11(16)14-5-7-15/h2-3,8-9,12H,4-7,13H2,1H3,(H,14,16). The van der Waals surface area contributed by atoms with Crippen molar-refractivity contribution in [3.63, 3.8) is 0 Å². The van der Waals surface area contributed by atoms with Crippen LogP contribution in [0.4, 0.5) is 0 Å². The molecule has 3 N–H and O–H groups in total. The zero-order valence-corrected chi connectivity index (χ0v) is 10.1. The van der Waals surface area contributed by atoms with Crippen molar-refractivity contribution in [3.05, 3.63) is 24.2 Å². The van der Waals surface area contributed by atoms with Crippen LogP contribution in [0, 0.1) is 0 Å². The maximum atomic E-state index is 11.3. The summed E-state index contributed by atoms with van der Waals surface area (Å²) in [5, 5.41) is 2.86. The molecule has 0 bridgehead atoms. The summed E-state index contributed by atoms with van der Waals surface area (Å²) in [6, 6.07) is 3.81. The van der Waals surface area contributed by atoms with Gasteiger partial charge in [-0.25, -0.2) is 0 Å². The lowest BCUT2D eigenvalue weighted by atomic mass is 10.1. The fourth-order valence-electron chi connectivity index (χ4n) is 2.29. The Balaban J connectivity index is 2.13. The van der Waals surface area contributed by atoms with Crippen molar-refractivity contribution in [1.29, 1.82) is 0 Å². The number of nitrogens with zero attached hydrogens (tertiary/aromatic N) is 1. The van der Waals surface area contributed by atoms with E-state index < -0.39 is 0 Å². The molecule has 0 spiro atoms. The minimum Gasteiger partial charge on any atom is -0.468 e. The number of hydrogen-bond acceptors (Lipinski definition) is 4. The van der Waals surface area contributed by atoms with Gasteiger partial charge in [-0.1, -0.05) is 0 Å². The first-order chi connectivity index (χ1) is 8.18. The number of furan rings is 1. The highest BCUT2D eigenvalue weighted by atomic mass is 16.3. The minimum atomic E-state index is -0.0330. The summed E-state index contributed by atoms with van der Waals surface area (Å²) in [6.45, 7) is 4.16. The largest absolute Gasteiger partial charge is 0.468 e. The van der Waals surface area contributed by atoms with Gasteiger partial charge < -0.3 is 15.5 Å². The maximum Gasteiger partial charge on any atom is 0.221 e. The Hall–Kier alpha value is -1.33. The van der Waals surface area contributed by atoms with Crippen molar-refractivity contribution < 1.29 is 9.21 Å². The Labute approximate surface area is 101 Å². The highest BCUT2D eigenvalue weighted by Crippen LogP contribution is 2.24. The summed E-state index contributed by atoms with van der Waals surface area (Å²) in [4.78, 5) is 13.5. The van der Waals surface area contributed by atoms with Gasteiger partial charge in [0.2, 0.25) is 5.91 Å². The highest BCUT2D eigenvalue weighted by Gasteiger charge is 2.27. The van der Waals surface area contributed by atoms with Crippen LogP contribution >= 0.6 is 0 Å². The zero-order valence-electron chi connectivity index (χ0n) is 10.1. The van der Waals surface area contributed by atoms with Crippen LogP contribution in [-0.2, 0) is 4.79 Å². The Morgan fingerprint density at radius 2 is 2.35 bits per heavy atom. The molecule has 5 nitrogen and oxygen atoms in total.